The second kappa shape index (κ2) is 5.20. The molecule has 0 rings (SSSR count). The van der Waals surface area contributed by atoms with Crippen LogP contribution in [-0.2, 0) is 4.79 Å². The van der Waals surface area contributed by atoms with E-state index in [4.69, 9.17) is 0 Å². The molecule has 0 bridgehead atoms. The molecule has 0 aliphatic carbocycles. The van der Waals surface area contributed by atoms with Gasteiger partial charge in [0.15, 0.2) is 5.78 Å². The predicted molar refractivity (Wildman–Crippen MR) is 40.4 cm³/mol. The molecular formula is C4H7IN2O. The zero-order valence-corrected chi connectivity index (χ0v) is 6.44. The molecule has 46 valence electrons. The van der Waals surface area contributed by atoms with Crippen LogP contribution in [0.3, 0.4) is 0 Å². The van der Waals surface area contributed by atoms with Gasteiger partial charge in [-0.2, -0.15) is 3.64 Å². The average Bonchev–Trinajstić information content (AvgIpc) is 1.83. The van der Waals surface area contributed by atoms with E-state index >= 15 is 0 Å². The van der Waals surface area contributed by atoms with Crippen LogP contribution in [-0.4, -0.2) is 12.3 Å². The van der Waals surface area contributed by atoms with Crippen molar-refractivity contribution >= 4 is 28.6 Å². The summed E-state index contributed by atoms with van der Waals surface area (Å²) >= 11 is 1.89. The Bertz CT molecular complexity index is 94.0. The molecule has 3 nitrogen and oxygen atoms in total. The van der Waals surface area contributed by atoms with Crippen LogP contribution in [0.2, 0.25) is 0 Å². The summed E-state index contributed by atoms with van der Waals surface area (Å²) in [4.78, 5) is 10.3. The third-order valence-electron chi connectivity index (χ3n) is 0.557. The van der Waals surface area contributed by atoms with E-state index in [0.717, 1.165) is 0 Å². The van der Waals surface area contributed by atoms with E-state index in [-0.39, 0.29) is 5.78 Å². The normalized spacial score (nSPS) is 8.62. The summed E-state index contributed by atoms with van der Waals surface area (Å²) < 4.78 is 2.58. The van der Waals surface area contributed by atoms with Gasteiger partial charge in [0.25, 0.3) is 0 Å². The average molecular weight is 226 g/mol. The maximum atomic E-state index is 10.3. The van der Waals surface area contributed by atoms with Crippen molar-refractivity contribution < 1.29 is 4.79 Å². The molecule has 0 radical (unpaired) electrons. The monoisotopic (exact) mass is 226 g/mol. The van der Waals surface area contributed by atoms with Crippen molar-refractivity contribution in [1.82, 2.24) is 9.06 Å². The standard InChI is InChI=1S/C4H7IN2O/c1-2-4(8)3-6-7-5/h2,6-7H,1,3H2. The SMILES string of the molecule is C=CC(=O)CNNI. The third-order valence-corrected chi connectivity index (χ3v) is 0.939. The summed E-state index contributed by atoms with van der Waals surface area (Å²) in [5.74, 6) is -0.0193. The largest absolute Gasteiger partial charge is 0.293 e. The van der Waals surface area contributed by atoms with E-state index in [0.29, 0.717) is 6.54 Å². The van der Waals surface area contributed by atoms with E-state index in [1.54, 1.807) is 0 Å². The first-order chi connectivity index (χ1) is 3.81. The highest BCUT2D eigenvalue weighted by Crippen LogP contribution is 1.68. The van der Waals surface area contributed by atoms with Crippen LogP contribution in [0, 0.1) is 0 Å². The molecular weight excluding hydrogens is 219 g/mol. The molecule has 0 aromatic carbocycles. The number of hydrazine groups is 1. The molecule has 0 fully saturated rings. The quantitative estimate of drug-likeness (QED) is 0.311. The van der Waals surface area contributed by atoms with Crippen molar-refractivity contribution in [1.29, 1.82) is 0 Å². The Kier molecular flexibility index (Phi) is 5.24. The summed E-state index contributed by atoms with van der Waals surface area (Å²) in [5, 5.41) is 0. The molecule has 0 aromatic rings. The lowest BCUT2D eigenvalue weighted by Gasteiger charge is -1.93. The zero-order chi connectivity index (χ0) is 6.41. The maximum absolute atomic E-state index is 10.3. The molecule has 4 heteroatoms. The van der Waals surface area contributed by atoms with Crippen molar-refractivity contribution in [3.05, 3.63) is 12.7 Å². The second-order valence-corrected chi connectivity index (χ2v) is 1.66. The first-order valence-electron chi connectivity index (χ1n) is 2.05. The van der Waals surface area contributed by atoms with Gasteiger partial charge in [0.1, 0.15) is 0 Å². The molecule has 0 aliphatic heterocycles. The highest BCUT2D eigenvalue weighted by molar-refractivity contribution is 14.1. The minimum atomic E-state index is -0.0193. The Morgan fingerprint density at radius 1 is 1.88 bits per heavy atom. The van der Waals surface area contributed by atoms with Gasteiger partial charge in [0.05, 0.1) is 6.54 Å². The lowest BCUT2D eigenvalue weighted by atomic mass is 10.4. The van der Waals surface area contributed by atoms with Crippen molar-refractivity contribution in [2.75, 3.05) is 6.54 Å². The van der Waals surface area contributed by atoms with Crippen molar-refractivity contribution in [2.45, 2.75) is 0 Å². The predicted octanol–water partition coefficient (Wildman–Crippen LogP) is 0.186. The smallest absolute Gasteiger partial charge is 0.170 e. The molecule has 2 N–H and O–H groups in total. The van der Waals surface area contributed by atoms with Crippen LogP contribution < -0.4 is 9.06 Å². The molecule has 0 heterocycles. The fraction of sp³-hybridized carbons (Fsp3) is 0.250. The first kappa shape index (κ1) is 8.06. The number of hydrogen-bond acceptors (Lipinski definition) is 3. The van der Waals surface area contributed by atoms with E-state index in [1.807, 2.05) is 22.9 Å². The summed E-state index contributed by atoms with van der Waals surface area (Å²) in [6.45, 7) is 3.59. The molecule has 0 atom stereocenters. The third kappa shape index (κ3) is 4.23. The van der Waals surface area contributed by atoms with Crippen molar-refractivity contribution in [3.63, 3.8) is 0 Å². The minimum absolute atomic E-state index is 0.0193. The number of rotatable bonds is 4. The van der Waals surface area contributed by atoms with E-state index in [2.05, 4.69) is 15.6 Å². The second-order valence-electron chi connectivity index (χ2n) is 1.12. The maximum Gasteiger partial charge on any atom is 0.170 e. The number of ketones is 1. The molecule has 0 saturated heterocycles. The van der Waals surface area contributed by atoms with Gasteiger partial charge < -0.3 is 0 Å². The topological polar surface area (TPSA) is 41.1 Å². The fourth-order valence-electron chi connectivity index (χ4n) is 0.193. The van der Waals surface area contributed by atoms with Crippen LogP contribution in [0.1, 0.15) is 0 Å². The van der Waals surface area contributed by atoms with Gasteiger partial charge in [-0.3, -0.25) is 4.79 Å². The van der Waals surface area contributed by atoms with Crippen LogP contribution in [0.15, 0.2) is 12.7 Å². The summed E-state index contributed by atoms with van der Waals surface area (Å²) in [7, 11) is 0. The number of hydrogen-bond donors (Lipinski definition) is 2. The summed E-state index contributed by atoms with van der Waals surface area (Å²) in [6.07, 6.45) is 1.28. The molecule has 8 heavy (non-hydrogen) atoms. The van der Waals surface area contributed by atoms with Gasteiger partial charge in [-0.15, -0.1) is 0 Å². The number of nitrogens with one attached hydrogen (secondary N) is 2. The number of carbonyl (C=O) groups is 1. The number of halogens is 1. The van der Waals surface area contributed by atoms with Gasteiger partial charge in [-0.25, -0.2) is 5.43 Å². The zero-order valence-electron chi connectivity index (χ0n) is 4.28. The van der Waals surface area contributed by atoms with Crippen molar-refractivity contribution in [3.8, 4) is 0 Å². The minimum Gasteiger partial charge on any atom is -0.293 e. The Morgan fingerprint density at radius 3 is 2.88 bits per heavy atom. The van der Waals surface area contributed by atoms with Crippen LogP contribution in [0.25, 0.3) is 0 Å². The lowest BCUT2D eigenvalue weighted by Crippen LogP contribution is -2.27. The van der Waals surface area contributed by atoms with E-state index in [1.165, 1.54) is 6.08 Å². The summed E-state index contributed by atoms with van der Waals surface area (Å²) in [6, 6.07) is 0. The van der Waals surface area contributed by atoms with Crippen LogP contribution in [0.4, 0.5) is 0 Å². The Hall–Kier alpha value is 0.0600. The molecule has 0 aromatic heterocycles. The summed E-state index contributed by atoms with van der Waals surface area (Å²) in [5.41, 5.74) is 2.61. The Labute approximate surface area is 62.0 Å². The molecule has 0 aliphatic rings. The van der Waals surface area contributed by atoms with Gasteiger partial charge in [-0.1, -0.05) is 6.58 Å². The first-order valence-corrected chi connectivity index (χ1v) is 3.13. The molecule has 0 unspecified atom stereocenters. The fourth-order valence-corrected chi connectivity index (χ4v) is 0.383. The van der Waals surface area contributed by atoms with Gasteiger partial charge >= 0.3 is 0 Å². The van der Waals surface area contributed by atoms with Gasteiger partial charge in [-0.05, 0) is 6.08 Å². The molecule has 0 spiro atoms. The highest BCUT2D eigenvalue weighted by atomic mass is 127. The highest BCUT2D eigenvalue weighted by Gasteiger charge is 1.89. The van der Waals surface area contributed by atoms with Crippen molar-refractivity contribution in [2.24, 2.45) is 0 Å². The molecule has 0 amide bonds. The number of carbonyl (C=O) groups excluding carboxylic acids is 1. The lowest BCUT2D eigenvalue weighted by molar-refractivity contribution is -0.113. The van der Waals surface area contributed by atoms with Gasteiger partial charge in [0, 0.05) is 22.9 Å². The Morgan fingerprint density at radius 2 is 2.50 bits per heavy atom. The van der Waals surface area contributed by atoms with E-state index in [9.17, 15) is 4.79 Å². The van der Waals surface area contributed by atoms with Crippen LogP contribution >= 0.6 is 22.9 Å². The Balaban J connectivity index is 3.11. The molecule has 0 saturated carbocycles. The van der Waals surface area contributed by atoms with E-state index < -0.39 is 0 Å². The van der Waals surface area contributed by atoms with Crippen LogP contribution in [0.5, 0.6) is 0 Å². The van der Waals surface area contributed by atoms with Gasteiger partial charge in [0.2, 0.25) is 0 Å².